The van der Waals surface area contributed by atoms with E-state index in [1.807, 2.05) is 0 Å². The van der Waals surface area contributed by atoms with Gasteiger partial charge in [-0.3, -0.25) is 0 Å². The molecule has 1 aromatic carbocycles. The second kappa shape index (κ2) is 6.21. The lowest BCUT2D eigenvalue weighted by molar-refractivity contribution is -0.274. The van der Waals surface area contributed by atoms with Gasteiger partial charge >= 0.3 is 12.4 Å². The molecule has 1 heterocycles. The summed E-state index contributed by atoms with van der Waals surface area (Å²) in [7, 11) is 0. The number of benzene rings is 1. The molecule has 2 amide bonds. The Morgan fingerprint density at radius 3 is 2.62 bits per heavy atom. The summed E-state index contributed by atoms with van der Waals surface area (Å²) in [5, 5.41) is 11.7. The highest BCUT2D eigenvalue weighted by molar-refractivity contribution is 5.89. The van der Waals surface area contributed by atoms with Crippen LogP contribution >= 0.6 is 0 Å². The van der Waals surface area contributed by atoms with E-state index in [-0.39, 0.29) is 24.4 Å². The number of aliphatic hydroxyl groups excluding tert-OH is 1. The summed E-state index contributed by atoms with van der Waals surface area (Å²) in [4.78, 5) is 13.5. The highest BCUT2D eigenvalue weighted by Gasteiger charge is 2.31. The van der Waals surface area contributed by atoms with Gasteiger partial charge in [0.25, 0.3) is 0 Å². The van der Waals surface area contributed by atoms with E-state index >= 15 is 0 Å². The van der Waals surface area contributed by atoms with Crippen molar-refractivity contribution in [3.8, 4) is 5.75 Å². The van der Waals surface area contributed by atoms with Crippen LogP contribution in [-0.2, 0) is 0 Å². The third-order valence-corrected chi connectivity index (χ3v) is 3.19. The van der Waals surface area contributed by atoms with Crippen LogP contribution in [0.5, 0.6) is 5.75 Å². The van der Waals surface area contributed by atoms with E-state index in [1.54, 1.807) is 0 Å². The fraction of sp³-hybridized carbons (Fsp3) is 0.462. The molecule has 0 radical (unpaired) electrons. The van der Waals surface area contributed by atoms with Crippen LogP contribution in [0, 0.1) is 0 Å². The summed E-state index contributed by atoms with van der Waals surface area (Å²) >= 11 is 0. The largest absolute Gasteiger partial charge is 0.573 e. The molecule has 1 aliphatic rings. The van der Waals surface area contributed by atoms with E-state index in [0.717, 1.165) is 25.0 Å². The van der Waals surface area contributed by atoms with Crippen molar-refractivity contribution < 1.29 is 27.8 Å². The Balaban J connectivity index is 1.95. The third kappa shape index (κ3) is 4.25. The van der Waals surface area contributed by atoms with E-state index in [1.165, 1.54) is 17.0 Å². The number of alkyl halides is 3. The zero-order valence-corrected chi connectivity index (χ0v) is 11.1. The van der Waals surface area contributed by atoms with Crippen LogP contribution in [0.15, 0.2) is 24.3 Å². The summed E-state index contributed by atoms with van der Waals surface area (Å²) in [5.41, 5.74) is 0.359. The van der Waals surface area contributed by atoms with Gasteiger partial charge in [-0.05, 0) is 37.1 Å². The average Bonchev–Trinajstić information content (AvgIpc) is 2.87. The van der Waals surface area contributed by atoms with E-state index < -0.39 is 6.36 Å². The first-order valence-electron chi connectivity index (χ1n) is 6.43. The first kappa shape index (κ1) is 15.4. The van der Waals surface area contributed by atoms with E-state index in [2.05, 4.69) is 10.1 Å². The van der Waals surface area contributed by atoms with Gasteiger partial charge in [-0.1, -0.05) is 0 Å². The third-order valence-electron chi connectivity index (χ3n) is 3.19. The smallest absolute Gasteiger partial charge is 0.406 e. The number of ether oxygens (including phenoxy) is 1. The molecule has 8 heteroatoms. The number of hydrogen-bond acceptors (Lipinski definition) is 3. The number of carbonyl (C=O) groups is 1. The molecule has 1 atom stereocenters. The highest BCUT2D eigenvalue weighted by Crippen LogP contribution is 2.24. The number of aliphatic hydroxyl groups is 1. The zero-order valence-electron chi connectivity index (χ0n) is 11.1. The molecular weight excluding hydrogens is 289 g/mol. The quantitative estimate of drug-likeness (QED) is 0.902. The number of halogens is 3. The number of rotatable bonds is 3. The van der Waals surface area contributed by atoms with Crippen LogP contribution in [0.4, 0.5) is 23.7 Å². The molecule has 1 fully saturated rings. The van der Waals surface area contributed by atoms with Crippen LogP contribution in [-0.4, -0.2) is 41.6 Å². The second-order valence-electron chi connectivity index (χ2n) is 4.67. The van der Waals surface area contributed by atoms with Crippen LogP contribution in [0.1, 0.15) is 12.8 Å². The molecule has 1 unspecified atom stereocenters. The summed E-state index contributed by atoms with van der Waals surface area (Å²) in [6.07, 6.45) is -3.19. The molecule has 0 bridgehead atoms. The first-order chi connectivity index (χ1) is 9.89. The number of amides is 2. The van der Waals surface area contributed by atoms with Crippen molar-refractivity contribution in [2.75, 3.05) is 18.5 Å². The van der Waals surface area contributed by atoms with E-state index in [9.17, 15) is 18.0 Å². The Morgan fingerprint density at radius 2 is 2.05 bits per heavy atom. The molecule has 116 valence electrons. The Morgan fingerprint density at radius 1 is 1.38 bits per heavy atom. The Bertz CT molecular complexity index is 490. The van der Waals surface area contributed by atoms with Gasteiger partial charge < -0.3 is 20.1 Å². The van der Waals surface area contributed by atoms with Gasteiger partial charge in [-0.25, -0.2) is 4.79 Å². The molecule has 2 N–H and O–H groups in total. The average molecular weight is 304 g/mol. The maximum absolute atomic E-state index is 12.0. The minimum Gasteiger partial charge on any atom is -0.406 e. The molecule has 21 heavy (non-hydrogen) atoms. The highest BCUT2D eigenvalue weighted by atomic mass is 19.4. The van der Waals surface area contributed by atoms with E-state index in [0.29, 0.717) is 12.2 Å². The molecule has 0 aliphatic carbocycles. The van der Waals surface area contributed by atoms with Crippen molar-refractivity contribution in [3.63, 3.8) is 0 Å². The number of anilines is 1. The van der Waals surface area contributed by atoms with Crippen molar-refractivity contribution in [2.24, 2.45) is 0 Å². The molecule has 2 rings (SSSR count). The minimum atomic E-state index is -4.74. The van der Waals surface area contributed by atoms with Crippen LogP contribution in [0.25, 0.3) is 0 Å². The topological polar surface area (TPSA) is 61.8 Å². The standard InChI is InChI=1S/C13H15F3N2O3/c14-13(15,16)21-11-5-3-9(4-6-11)17-12(20)18-7-1-2-10(18)8-19/h3-6,10,19H,1-2,7-8H2,(H,17,20). The van der Waals surface area contributed by atoms with Gasteiger partial charge in [-0.15, -0.1) is 13.2 Å². The van der Waals surface area contributed by atoms with Crippen molar-refractivity contribution in [1.29, 1.82) is 0 Å². The molecule has 1 saturated heterocycles. The molecule has 1 aromatic rings. The van der Waals surface area contributed by atoms with Gasteiger partial charge in [0, 0.05) is 12.2 Å². The predicted molar refractivity (Wildman–Crippen MR) is 69.0 cm³/mol. The Hall–Kier alpha value is -1.96. The number of carbonyl (C=O) groups excluding carboxylic acids is 1. The predicted octanol–water partition coefficient (Wildman–Crippen LogP) is 2.57. The number of hydrogen-bond donors (Lipinski definition) is 2. The van der Waals surface area contributed by atoms with Gasteiger partial charge in [0.15, 0.2) is 0 Å². The number of nitrogens with zero attached hydrogens (tertiary/aromatic N) is 1. The Kier molecular flexibility index (Phi) is 4.56. The number of likely N-dealkylation sites (tertiary alicyclic amines) is 1. The van der Waals surface area contributed by atoms with Crippen LogP contribution in [0.3, 0.4) is 0 Å². The second-order valence-corrected chi connectivity index (χ2v) is 4.67. The van der Waals surface area contributed by atoms with Crippen molar-refractivity contribution in [3.05, 3.63) is 24.3 Å². The van der Waals surface area contributed by atoms with E-state index in [4.69, 9.17) is 5.11 Å². The lowest BCUT2D eigenvalue weighted by Gasteiger charge is -2.23. The first-order valence-corrected chi connectivity index (χ1v) is 6.43. The maximum atomic E-state index is 12.0. The normalized spacial score (nSPS) is 18.7. The molecule has 0 aromatic heterocycles. The summed E-state index contributed by atoms with van der Waals surface area (Å²) in [6.45, 7) is 0.443. The lowest BCUT2D eigenvalue weighted by atomic mass is 10.2. The molecule has 5 nitrogen and oxygen atoms in total. The Labute approximate surface area is 119 Å². The summed E-state index contributed by atoms with van der Waals surface area (Å²) < 4.78 is 39.8. The van der Waals surface area contributed by atoms with Crippen LogP contribution < -0.4 is 10.1 Å². The van der Waals surface area contributed by atoms with Crippen molar-refractivity contribution >= 4 is 11.7 Å². The van der Waals surface area contributed by atoms with Gasteiger partial charge in [0.2, 0.25) is 0 Å². The molecule has 0 saturated carbocycles. The fourth-order valence-corrected chi connectivity index (χ4v) is 2.23. The SMILES string of the molecule is O=C(Nc1ccc(OC(F)(F)F)cc1)N1CCCC1CO. The van der Waals surface area contributed by atoms with Gasteiger partial charge in [0.05, 0.1) is 12.6 Å². The molecule has 0 spiro atoms. The summed E-state index contributed by atoms with van der Waals surface area (Å²) in [5.74, 6) is -0.352. The number of urea groups is 1. The minimum absolute atomic E-state index is 0.105. The lowest BCUT2D eigenvalue weighted by Crippen LogP contribution is -2.40. The van der Waals surface area contributed by atoms with Crippen molar-refractivity contribution in [2.45, 2.75) is 25.2 Å². The monoisotopic (exact) mass is 304 g/mol. The summed E-state index contributed by atoms with van der Waals surface area (Å²) in [6, 6.07) is 4.30. The van der Waals surface area contributed by atoms with Crippen molar-refractivity contribution in [1.82, 2.24) is 4.90 Å². The van der Waals surface area contributed by atoms with Crippen LogP contribution in [0.2, 0.25) is 0 Å². The fourth-order valence-electron chi connectivity index (χ4n) is 2.23. The van der Waals surface area contributed by atoms with Gasteiger partial charge in [-0.2, -0.15) is 0 Å². The molecule has 1 aliphatic heterocycles. The number of nitrogens with one attached hydrogen (secondary N) is 1. The van der Waals surface area contributed by atoms with Gasteiger partial charge in [0.1, 0.15) is 5.75 Å². The zero-order chi connectivity index (χ0) is 15.5. The molecular formula is C13H15F3N2O3. The maximum Gasteiger partial charge on any atom is 0.573 e.